The molecule has 1 aliphatic rings. The van der Waals surface area contributed by atoms with E-state index in [1.165, 1.54) is 12.3 Å². The van der Waals surface area contributed by atoms with Gasteiger partial charge in [-0.05, 0) is 13.0 Å². The van der Waals surface area contributed by atoms with Crippen LogP contribution in [0.2, 0.25) is 0 Å². The second kappa shape index (κ2) is 7.43. The maximum Gasteiger partial charge on any atom is 0.414 e. The average Bonchev–Trinajstić information content (AvgIpc) is 3.03. The summed E-state index contributed by atoms with van der Waals surface area (Å²) in [5.41, 5.74) is 0.0674. The molecule has 136 valence electrons. The first-order chi connectivity index (χ1) is 11.7. The van der Waals surface area contributed by atoms with Crippen LogP contribution in [-0.2, 0) is 9.59 Å². The number of carboxylic acid groups (broad SMARTS) is 2. The van der Waals surface area contributed by atoms with Gasteiger partial charge in [0.25, 0.3) is 0 Å². The van der Waals surface area contributed by atoms with Gasteiger partial charge in [0.15, 0.2) is 23.0 Å². The van der Waals surface area contributed by atoms with Gasteiger partial charge in [-0.1, -0.05) is 0 Å². The van der Waals surface area contributed by atoms with E-state index < -0.39 is 29.4 Å². The molecular formula is C15H15F3N2O5. The zero-order chi connectivity index (χ0) is 18.7. The lowest BCUT2D eigenvalue weighted by Crippen LogP contribution is -2.49. The Labute approximate surface area is 139 Å². The summed E-state index contributed by atoms with van der Waals surface area (Å²) < 4.78 is 46.4. The van der Waals surface area contributed by atoms with E-state index in [9.17, 15) is 13.2 Å². The molecule has 1 fully saturated rings. The minimum Gasteiger partial charge on any atom is -0.473 e. The fourth-order valence-corrected chi connectivity index (χ4v) is 2.50. The molecule has 0 aliphatic carbocycles. The number of nitrogens with one attached hydrogen (secondary N) is 1. The quantitative estimate of drug-likeness (QED) is 0.526. The lowest BCUT2D eigenvalue weighted by molar-refractivity contribution is -0.159. The fraction of sp³-hybridized carbons (Fsp3) is 0.333. The van der Waals surface area contributed by atoms with E-state index in [2.05, 4.69) is 5.32 Å². The van der Waals surface area contributed by atoms with Gasteiger partial charge in [0.1, 0.15) is 5.69 Å². The van der Waals surface area contributed by atoms with Crippen LogP contribution in [0.5, 0.6) is 0 Å². The van der Waals surface area contributed by atoms with E-state index in [4.69, 9.17) is 24.2 Å². The van der Waals surface area contributed by atoms with Crippen molar-refractivity contribution in [2.24, 2.45) is 0 Å². The Morgan fingerprint density at radius 3 is 2.40 bits per heavy atom. The summed E-state index contributed by atoms with van der Waals surface area (Å²) in [4.78, 5) is 19.9. The number of piperazine rings is 1. The highest BCUT2D eigenvalue weighted by molar-refractivity contribution is 6.27. The van der Waals surface area contributed by atoms with Crippen LogP contribution in [0.25, 0.3) is 11.0 Å². The maximum absolute atomic E-state index is 14.0. The second-order valence-corrected chi connectivity index (χ2v) is 5.37. The Morgan fingerprint density at radius 1 is 1.20 bits per heavy atom. The minimum absolute atomic E-state index is 0.00671. The third-order valence-electron chi connectivity index (χ3n) is 3.58. The number of anilines is 1. The van der Waals surface area contributed by atoms with Gasteiger partial charge in [0.05, 0.1) is 11.6 Å². The predicted octanol–water partition coefficient (Wildman–Crippen LogP) is 1.80. The van der Waals surface area contributed by atoms with Gasteiger partial charge in [-0.3, -0.25) is 0 Å². The fourth-order valence-electron chi connectivity index (χ4n) is 2.50. The van der Waals surface area contributed by atoms with Crippen LogP contribution in [0, 0.1) is 17.5 Å². The molecule has 2 heterocycles. The third kappa shape index (κ3) is 3.85. The second-order valence-electron chi connectivity index (χ2n) is 5.37. The summed E-state index contributed by atoms with van der Waals surface area (Å²) in [6.45, 7) is 3.63. The van der Waals surface area contributed by atoms with Crippen molar-refractivity contribution >= 4 is 28.6 Å². The summed E-state index contributed by atoms with van der Waals surface area (Å²) >= 11 is 0. The SMILES string of the molecule is C[C@H]1CN(c2c(F)c(F)c(F)c3ccoc23)CCN1.O=C(O)C(=O)O. The van der Waals surface area contributed by atoms with Gasteiger partial charge in [0, 0.05) is 25.7 Å². The molecule has 0 saturated carbocycles. The molecule has 2 aromatic rings. The van der Waals surface area contributed by atoms with Crippen molar-refractivity contribution in [2.45, 2.75) is 13.0 Å². The van der Waals surface area contributed by atoms with E-state index in [0.717, 1.165) is 0 Å². The van der Waals surface area contributed by atoms with Gasteiger partial charge in [-0.2, -0.15) is 0 Å². The van der Waals surface area contributed by atoms with Crippen molar-refractivity contribution in [1.82, 2.24) is 5.32 Å². The van der Waals surface area contributed by atoms with Crippen LogP contribution >= 0.6 is 0 Å². The standard InChI is InChI=1S/C13H13F3N2O.C2H2O4/c1-7-6-18(4-3-17-7)12-11(16)10(15)9(14)8-2-5-19-13(8)12;3-1(4)2(5)6/h2,5,7,17H,3-4,6H2,1H3;(H,3,4)(H,5,6)/t7-;/m0./s1. The lowest BCUT2D eigenvalue weighted by Gasteiger charge is -2.33. The highest BCUT2D eigenvalue weighted by Crippen LogP contribution is 2.35. The van der Waals surface area contributed by atoms with Crippen LogP contribution in [-0.4, -0.2) is 47.8 Å². The number of furan rings is 1. The van der Waals surface area contributed by atoms with Gasteiger partial charge in [0.2, 0.25) is 0 Å². The first-order valence-electron chi connectivity index (χ1n) is 7.22. The van der Waals surface area contributed by atoms with Gasteiger partial charge in [-0.25, -0.2) is 22.8 Å². The lowest BCUT2D eigenvalue weighted by atomic mass is 10.1. The molecule has 1 saturated heterocycles. The molecule has 1 aromatic heterocycles. The molecule has 1 aromatic carbocycles. The van der Waals surface area contributed by atoms with E-state index in [-0.39, 0.29) is 22.7 Å². The number of hydrogen-bond acceptors (Lipinski definition) is 5. The van der Waals surface area contributed by atoms with E-state index in [1.807, 2.05) is 6.92 Å². The predicted molar refractivity (Wildman–Crippen MR) is 81.0 cm³/mol. The highest BCUT2D eigenvalue weighted by atomic mass is 19.2. The molecule has 1 aliphatic heterocycles. The molecule has 0 spiro atoms. The molecule has 25 heavy (non-hydrogen) atoms. The Hall–Kier alpha value is -2.75. The number of benzene rings is 1. The average molecular weight is 360 g/mol. The molecule has 0 amide bonds. The summed E-state index contributed by atoms with van der Waals surface area (Å²) in [6.07, 6.45) is 1.24. The molecule has 7 nitrogen and oxygen atoms in total. The van der Waals surface area contributed by atoms with Crippen LogP contribution in [0.1, 0.15) is 6.92 Å². The summed E-state index contributed by atoms with van der Waals surface area (Å²) in [5, 5.41) is 18.0. The molecule has 3 N–H and O–H groups in total. The summed E-state index contributed by atoms with van der Waals surface area (Å²) in [6, 6.07) is 1.45. The van der Waals surface area contributed by atoms with Gasteiger partial charge in [-0.15, -0.1) is 0 Å². The number of hydrogen-bond donors (Lipinski definition) is 3. The number of rotatable bonds is 1. The van der Waals surface area contributed by atoms with E-state index >= 15 is 0 Å². The molecule has 3 rings (SSSR count). The number of fused-ring (bicyclic) bond motifs is 1. The zero-order valence-electron chi connectivity index (χ0n) is 13.1. The number of carbonyl (C=O) groups is 2. The number of carboxylic acids is 2. The Bertz CT molecular complexity index is 796. The van der Waals surface area contributed by atoms with Crippen molar-refractivity contribution in [3.63, 3.8) is 0 Å². The molecule has 0 radical (unpaired) electrons. The monoisotopic (exact) mass is 360 g/mol. The van der Waals surface area contributed by atoms with Gasteiger partial charge >= 0.3 is 11.9 Å². The van der Waals surface area contributed by atoms with E-state index in [0.29, 0.717) is 19.6 Å². The highest BCUT2D eigenvalue weighted by Gasteiger charge is 2.28. The van der Waals surface area contributed by atoms with Crippen LogP contribution in [0.4, 0.5) is 18.9 Å². The Kier molecular flexibility index (Phi) is 5.52. The first kappa shape index (κ1) is 18.6. The Balaban J connectivity index is 0.000000326. The van der Waals surface area contributed by atoms with E-state index in [1.54, 1.807) is 4.90 Å². The molecule has 10 heteroatoms. The maximum atomic E-state index is 14.0. The van der Waals surface area contributed by atoms with Crippen molar-refractivity contribution in [3.8, 4) is 0 Å². The largest absolute Gasteiger partial charge is 0.473 e. The number of aliphatic carboxylic acids is 2. The molecule has 0 unspecified atom stereocenters. The Morgan fingerprint density at radius 2 is 1.84 bits per heavy atom. The number of halogens is 3. The summed E-state index contributed by atoms with van der Waals surface area (Å²) in [7, 11) is 0. The van der Waals surface area contributed by atoms with Crippen LogP contribution < -0.4 is 10.2 Å². The smallest absolute Gasteiger partial charge is 0.414 e. The number of nitrogens with zero attached hydrogens (tertiary/aromatic N) is 1. The summed E-state index contributed by atoms with van der Waals surface area (Å²) in [5.74, 6) is -7.48. The first-order valence-corrected chi connectivity index (χ1v) is 7.22. The van der Waals surface area contributed by atoms with Gasteiger partial charge < -0.3 is 24.8 Å². The normalized spacial score (nSPS) is 17.1. The van der Waals surface area contributed by atoms with Crippen molar-refractivity contribution in [1.29, 1.82) is 0 Å². The zero-order valence-corrected chi connectivity index (χ0v) is 13.1. The topological polar surface area (TPSA) is 103 Å². The minimum atomic E-state index is -1.82. The molecule has 0 bridgehead atoms. The molecule has 1 atom stereocenters. The third-order valence-corrected chi connectivity index (χ3v) is 3.58. The van der Waals surface area contributed by atoms with Crippen molar-refractivity contribution < 1.29 is 37.4 Å². The van der Waals surface area contributed by atoms with Crippen molar-refractivity contribution in [2.75, 3.05) is 24.5 Å². The van der Waals surface area contributed by atoms with Crippen LogP contribution in [0.15, 0.2) is 16.7 Å². The van der Waals surface area contributed by atoms with Crippen LogP contribution in [0.3, 0.4) is 0 Å². The molecular weight excluding hydrogens is 345 g/mol. The van der Waals surface area contributed by atoms with Crippen molar-refractivity contribution in [3.05, 3.63) is 29.8 Å².